The average Bonchev–Trinajstić information content (AvgIpc) is 2.89. The van der Waals surface area contributed by atoms with E-state index in [-0.39, 0.29) is 6.54 Å². The van der Waals surface area contributed by atoms with Crippen molar-refractivity contribution in [3.63, 3.8) is 0 Å². The zero-order valence-corrected chi connectivity index (χ0v) is 14.3. The third-order valence-electron chi connectivity index (χ3n) is 3.67. The molecule has 0 bridgehead atoms. The Morgan fingerprint density at radius 1 is 1.43 bits per heavy atom. The number of hydrogen-bond donors (Lipinski definition) is 2. The summed E-state index contributed by atoms with van der Waals surface area (Å²) in [5.74, 6) is 0.581. The number of aromatic nitrogens is 1. The molecular formula is C13H24N4O2S2. The molecule has 0 amide bonds. The molecule has 0 aromatic carbocycles. The Labute approximate surface area is 131 Å². The molecule has 21 heavy (non-hydrogen) atoms. The van der Waals surface area contributed by atoms with Crippen molar-refractivity contribution in [2.45, 2.75) is 33.2 Å². The Hall–Kier alpha value is -0.540. The monoisotopic (exact) mass is 332 g/mol. The van der Waals surface area contributed by atoms with Crippen LogP contribution in [0.5, 0.6) is 0 Å². The van der Waals surface area contributed by atoms with E-state index in [4.69, 9.17) is 0 Å². The molecule has 1 aliphatic rings. The van der Waals surface area contributed by atoms with Crippen LogP contribution in [0.25, 0.3) is 0 Å². The van der Waals surface area contributed by atoms with Crippen molar-refractivity contribution < 1.29 is 8.42 Å². The Bertz CT molecular complexity index is 536. The van der Waals surface area contributed by atoms with Gasteiger partial charge in [-0.25, -0.2) is 4.98 Å². The molecule has 2 rings (SSSR count). The van der Waals surface area contributed by atoms with Gasteiger partial charge in [-0.2, -0.15) is 17.4 Å². The van der Waals surface area contributed by atoms with Crippen molar-refractivity contribution >= 4 is 21.5 Å². The van der Waals surface area contributed by atoms with E-state index >= 15 is 0 Å². The zero-order chi connectivity index (χ0) is 15.3. The molecule has 8 heteroatoms. The van der Waals surface area contributed by atoms with E-state index in [1.807, 2.05) is 6.92 Å². The highest BCUT2D eigenvalue weighted by Gasteiger charge is 2.27. The second kappa shape index (κ2) is 7.64. The Morgan fingerprint density at radius 3 is 2.71 bits per heavy atom. The Kier molecular flexibility index (Phi) is 6.12. The minimum atomic E-state index is -3.39. The van der Waals surface area contributed by atoms with Crippen molar-refractivity contribution in [3.8, 4) is 0 Å². The van der Waals surface area contributed by atoms with E-state index in [0.717, 1.165) is 35.8 Å². The van der Waals surface area contributed by atoms with Crippen molar-refractivity contribution in [1.82, 2.24) is 19.3 Å². The first-order chi connectivity index (χ1) is 10.0. The van der Waals surface area contributed by atoms with Crippen molar-refractivity contribution in [2.24, 2.45) is 5.92 Å². The van der Waals surface area contributed by atoms with Crippen LogP contribution in [0.1, 0.15) is 29.7 Å². The smallest absolute Gasteiger partial charge is 0.279 e. The number of nitrogens with zero attached hydrogens (tertiary/aromatic N) is 2. The van der Waals surface area contributed by atoms with Crippen LogP contribution < -0.4 is 10.0 Å². The molecule has 1 saturated heterocycles. The van der Waals surface area contributed by atoms with Gasteiger partial charge in [0.1, 0.15) is 5.01 Å². The summed E-state index contributed by atoms with van der Waals surface area (Å²) in [4.78, 5) is 5.27. The minimum Gasteiger partial charge on any atom is -0.317 e. The SMILES string of the molecule is CCNCC1CCN(S(=O)(=O)NCc2ncc(C)s2)CC1. The second-order valence-corrected chi connectivity index (χ2v) is 8.42. The maximum atomic E-state index is 12.3. The molecule has 1 fully saturated rings. The van der Waals surface area contributed by atoms with Crippen LogP contribution in [0.4, 0.5) is 0 Å². The van der Waals surface area contributed by atoms with Crippen LogP contribution in [-0.2, 0) is 16.8 Å². The molecule has 0 spiro atoms. The van der Waals surface area contributed by atoms with Gasteiger partial charge in [0.2, 0.25) is 0 Å². The topological polar surface area (TPSA) is 74.3 Å². The van der Waals surface area contributed by atoms with Gasteiger partial charge in [0.25, 0.3) is 10.2 Å². The summed E-state index contributed by atoms with van der Waals surface area (Å²) in [5, 5.41) is 4.13. The van der Waals surface area contributed by atoms with Gasteiger partial charge in [-0.3, -0.25) is 0 Å². The summed E-state index contributed by atoms with van der Waals surface area (Å²) in [6.07, 6.45) is 3.61. The average molecular weight is 332 g/mol. The predicted molar refractivity (Wildman–Crippen MR) is 85.5 cm³/mol. The summed E-state index contributed by atoms with van der Waals surface area (Å²) in [5.41, 5.74) is 0. The lowest BCUT2D eigenvalue weighted by molar-refractivity contribution is 0.266. The van der Waals surface area contributed by atoms with Crippen LogP contribution in [0.15, 0.2) is 6.20 Å². The number of rotatable bonds is 7. The fourth-order valence-electron chi connectivity index (χ4n) is 2.43. The Morgan fingerprint density at radius 2 is 2.14 bits per heavy atom. The molecule has 6 nitrogen and oxygen atoms in total. The predicted octanol–water partition coefficient (Wildman–Crippen LogP) is 1.11. The molecule has 1 aliphatic heterocycles. The molecule has 1 aromatic heterocycles. The summed E-state index contributed by atoms with van der Waals surface area (Å²) >= 11 is 1.52. The number of hydrogen-bond acceptors (Lipinski definition) is 5. The highest BCUT2D eigenvalue weighted by atomic mass is 32.2. The normalized spacial score (nSPS) is 18.2. The van der Waals surface area contributed by atoms with Crippen LogP contribution in [0.3, 0.4) is 0 Å². The maximum absolute atomic E-state index is 12.3. The molecule has 2 N–H and O–H groups in total. The van der Waals surface area contributed by atoms with E-state index in [1.165, 1.54) is 11.3 Å². The molecule has 0 saturated carbocycles. The van der Waals surface area contributed by atoms with E-state index in [0.29, 0.717) is 19.0 Å². The number of thiazole rings is 1. The summed E-state index contributed by atoms with van der Waals surface area (Å²) < 4.78 is 28.7. The first-order valence-electron chi connectivity index (χ1n) is 7.38. The number of nitrogens with one attached hydrogen (secondary N) is 2. The largest absolute Gasteiger partial charge is 0.317 e. The Balaban J connectivity index is 1.81. The first kappa shape index (κ1) is 16.8. The highest BCUT2D eigenvalue weighted by molar-refractivity contribution is 7.87. The molecule has 2 heterocycles. The van der Waals surface area contributed by atoms with Gasteiger partial charge in [-0.15, -0.1) is 11.3 Å². The number of aryl methyl sites for hydroxylation is 1. The lowest BCUT2D eigenvalue weighted by Crippen LogP contribution is -2.45. The van der Waals surface area contributed by atoms with Crippen LogP contribution in [-0.4, -0.2) is 43.9 Å². The maximum Gasteiger partial charge on any atom is 0.279 e. The van der Waals surface area contributed by atoms with Gasteiger partial charge in [0, 0.05) is 24.2 Å². The lowest BCUT2D eigenvalue weighted by atomic mass is 9.98. The molecule has 0 atom stereocenters. The third kappa shape index (κ3) is 5.00. The van der Waals surface area contributed by atoms with Crippen molar-refractivity contribution in [1.29, 1.82) is 0 Å². The van der Waals surface area contributed by atoms with E-state index in [1.54, 1.807) is 10.5 Å². The molecule has 0 unspecified atom stereocenters. The van der Waals surface area contributed by atoms with E-state index in [2.05, 4.69) is 21.9 Å². The second-order valence-electron chi connectivity index (χ2n) is 5.34. The van der Waals surface area contributed by atoms with Crippen molar-refractivity contribution in [3.05, 3.63) is 16.1 Å². The van der Waals surface area contributed by atoms with Crippen LogP contribution in [0.2, 0.25) is 0 Å². The molecular weight excluding hydrogens is 308 g/mol. The highest BCUT2D eigenvalue weighted by Crippen LogP contribution is 2.19. The van der Waals surface area contributed by atoms with Gasteiger partial charge in [-0.1, -0.05) is 6.92 Å². The van der Waals surface area contributed by atoms with Gasteiger partial charge in [0.15, 0.2) is 0 Å². The van der Waals surface area contributed by atoms with Crippen LogP contribution in [0, 0.1) is 12.8 Å². The molecule has 0 radical (unpaired) electrons. The fourth-order valence-corrected chi connectivity index (χ4v) is 4.44. The lowest BCUT2D eigenvalue weighted by Gasteiger charge is -2.31. The summed E-state index contributed by atoms with van der Waals surface area (Å²) in [7, 11) is -3.39. The van der Waals surface area contributed by atoms with Crippen molar-refractivity contribution in [2.75, 3.05) is 26.2 Å². The fraction of sp³-hybridized carbons (Fsp3) is 0.769. The van der Waals surface area contributed by atoms with Gasteiger partial charge in [-0.05, 0) is 38.8 Å². The quantitative estimate of drug-likeness (QED) is 0.784. The van der Waals surface area contributed by atoms with Gasteiger partial charge < -0.3 is 5.32 Å². The van der Waals surface area contributed by atoms with E-state index < -0.39 is 10.2 Å². The molecule has 0 aliphatic carbocycles. The molecule has 120 valence electrons. The standard InChI is InChI=1S/C13H24N4O2S2/c1-3-14-9-12-4-6-17(7-5-12)21(18,19)16-10-13-15-8-11(2)20-13/h8,12,14,16H,3-7,9-10H2,1-2H3. The van der Waals surface area contributed by atoms with Crippen LogP contribution >= 0.6 is 11.3 Å². The molecule has 1 aromatic rings. The minimum absolute atomic E-state index is 0.276. The summed E-state index contributed by atoms with van der Waals surface area (Å²) in [6, 6.07) is 0. The summed E-state index contributed by atoms with van der Waals surface area (Å²) in [6.45, 7) is 7.47. The first-order valence-corrected chi connectivity index (χ1v) is 9.63. The van der Waals surface area contributed by atoms with Gasteiger partial charge in [0.05, 0.1) is 6.54 Å². The third-order valence-corrected chi connectivity index (χ3v) is 6.14. The zero-order valence-electron chi connectivity index (χ0n) is 12.6. The number of piperidine rings is 1. The van der Waals surface area contributed by atoms with E-state index in [9.17, 15) is 8.42 Å². The van der Waals surface area contributed by atoms with Gasteiger partial charge >= 0.3 is 0 Å².